The third kappa shape index (κ3) is 4.72. The number of likely N-dealkylation sites (tertiary alicyclic amines) is 2. The fraction of sp³-hybridized carbons (Fsp3) is 1.00. The van der Waals surface area contributed by atoms with Crippen LogP contribution in [-0.2, 0) is 4.74 Å². The van der Waals surface area contributed by atoms with Crippen molar-refractivity contribution >= 4 is 12.6 Å². The molecule has 2 saturated heterocycles. The molecule has 0 saturated carbocycles. The number of rotatable bonds is 6. The molecule has 4 heteroatoms. The summed E-state index contributed by atoms with van der Waals surface area (Å²) in [4.78, 5) is 5.29. The summed E-state index contributed by atoms with van der Waals surface area (Å²) in [5.74, 6) is 0.830. The number of hydrogen-bond acceptors (Lipinski definition) is 4. The van der Waals surface area contributed by atoms with Crippen molar-refractivity contribution in [2.45, 2.75) is 38.1 Å². The van der Waals surface area contributed by atoms with Gasteiger partial charge >= 0.3 is 0 Å². The summed E-state index contributed by atoms with van der Waals surface area (Å²) in [5, 5.41) is 0. The minimum atomic E-state index is 0.785. The molecule has 0 spiro atoms. The number of nitrogens with zero attached hydrogens (tertiary/aromatic N) is 2. The number of thiol groups is 1. The molecule has 18 heavy (non-hydrogen) atoms. The van der Waals surface area contributed by atoms with Crippen LogP contribution in [0.5, 0.6) is 0 Å². The van der Waals surface area contributed by atoms with E-state index in [-0.39, 0.29) is 0 Å². The Morgan fingerprint density at radius 3 is 2.33 bits per heavy atom. The van der Waals surface area contributed by atoms with Crippen molar-refractivity contribution < 1.29 is 4.74 Å². The Bertz CT molecular complexity index is 214. The normalized spacial score (nSPS) is 24.5. The van der Waals surface area contributed by atoms with Crippen molar-refractivity contribution in [3.63, 3.8) is 0 Å². The van der Waals surface area contributed by atoms with Crippen LogP contribution in [0.1, 0.15) is 32.1 Å². The van der Waals surface area contributed by atoms with Gasteiger partial charge in [-0.1, -0.05) is 6.42 Å². The quantitative estimate of drug-likeness (QED) is 0.587. The Kier molecular flexibility index (Phi) is 6.84. The van der Waals surface area contributed by atoms with Crippen LogP contribution in [0.2, 0.25) is 0 Å². The Balaban J connectivity index is 1.58. The van der Waals surface area contributed by atoms with Crippen LogP contribution in [0.3, 0.4) is 0 Å². The molecule has 2 rings (SSSR count). The van der Waals surface area contributed by atoms with E-state index in [1.54, 1.807) is 0 Å². The molecule has 0 aliphatic carbocycles. The second kappa shape index (κ2) is 8.41. The summed E-state index contributed by atoms with van der Waals surface area (Å²) >= 11 is 4.15. The van der Waals surface area contributed by atoms with Crippen molar-refractivity contribution in [1.82, 2.24) is 9.80 Å². The van der Waals surface area contributed by atoms with E-state index in [0.717, 1.165) is 31.6 Å². The molecular formula is C14H28N2OS. The fourth-order valence-corrected chi connectivity index (χ4v) is 3.28. The van der Waals surface area contributed by atoms with E-state index in [0.29, 0.717) is 0 Å². The highest BCUT2D eigenvalue weighted by Crippen LogP contribution is 2.20. The molecule has 0 aromatic heterocycles. The van der Waals surface area contributed by atoms with Gasteiger partial charge in [0, 0.05) is 18.3 Å². The van der Waals surface area contributed by atoms with E-state index in [9.17, 15) is 0 Å². The standard InChI is InChI=1S/C14H28N2OS/c18-13-12-17-11-10-15-8-4-14(5-9-15)16-6-2-1-3-7-16/h14,18H,1-13H2. The third-order valence-corrected chi connectivity index (χ3v) is 4.43. The van der Waals surface area contributed by atoms with Crippen LogP contribution in [0.15, 0.2) is 0 Å². The molecule has 0 N–H and O–H groups in total. The summed E-state index contributed by atoms with van der Waals surface area (Å²) < 4.78 is 5.50. The van der Waals surface area contributed by atoms with Gasteiger partial charge < -0.3 is 14.5 Å². The molecule has 2 fully saturated rings. The van der Waals surface area contributed by atoms with Gasteiger partial charge in [-0.2, -0.15) is 12.6 Å². The van der Waals surface area contributed by atoms with Crippen molar-refractivity contribution in [1.29, 1.82) is 0 Å². The molecular weight excluding hydrogens is 244 g/mol. The van der Waals surface area contributed by atoms with Crippen molar-refractivity contribution in [2.24, 2.45) is 0 Å². The smallest absolute Gasteiger partial charge is 0.0593 e. The van der Waals surface area contributed by atoms with Crippen LogP contribution < -0.4 is 0 Å². The second-order valence-electron chi connectivity index (χ2n) is 5.51. The zero-order valence-electron chi connectivity index (χ0n) is 11.5. The topological polar surface area (TPSA) is 15.7 Å². The maximum absolute atomic E-state index is 5.50. The first-order valence-electron chi connectivity index (χ1n) is 7.55. The lowest BCUT2D eigenvalue weighted by Crippen LogP contribution is -2.47. The third-order valence-electron chi connectivity index (χ3n) is 4.25. The van der Waals surface area contributed by atoms with Crippen molar-refractivity contribution in [3.8, 4) is 0 Å². The summed E-state index contributed by atoms with van der Waals surface area (Å²) in [6.45, 7) is 7.95. The van der Waals surface area contributed by atoms with E-state index >= 15 is 0 Å². The van der Waals surface area contributed by atoms with E-state index in [2.05, 4.69) is 22.4 Å². The maximum Gasteiger partial charge on any atom is 0.0593 e. The van der Waals surface area contributed by atoms with Gasteiger partial charge in [0.05, 0.1) is 13.2 Å². The SMILES string of the molecule is SCCOCCN1CCC(N2CCCCC2)CC1. The highest BCUT2D eigenvalue weighted by atomic mass is 32.1. The fourth-order valence-electron chi connectivity index (χ4n) is 3.15. The lowest BCUT2D eigenvalue weighted by atomic mass is 10.00. The van der Waals surface area contributed by atoms with Gasteiger partial charge in [0.2, 0.25) is 0 Å². The van der Waals surface area contributed by atoms with Crippen molar-refractivity contribution in [2.75, 3.05) is 51.7 Å². The molecule has 0 amide bonds. The Morgan fingerprint density at radius 1 is 0.944 bits per heavy atom. The van der Waals surface area contributed by atoms with Crippen molar-refractivity contribution in [3.05, 3.63) is 0 Å². The first-order valence-corrected chi connectivity index (χ1v) is 8.18. The van der Waals surface area contributed by atoms with Gasteiger partial charge in [-0.25, -0.2) is 0 Å². The van der Waals surface area contributed by atoms with Crippen LogP contribution in [0.25, 0.3) is 0 Å². The summed E-state index contributed by atoms with van der Waals surface area (Å²) in [7, 11) is 0. The van der Waals surface area contributed by atoms with Gasteiger partial charge in [-0.3, -0.25) is 0 Å². The van der Waals surface area contributed by atoms with Gasteiger partial charge in [-0.05, 0) is 51.9 Å². The predicted octanol–water partition coefficient (Wildman–Crippen LogP) is 1.88. The van der Waals surface area contributed by atoms with E-state index < -0.39 is 0 Å². The highest BCUT2D eigenvalue weighted by molar-refractivity contribution is 7.80. The van der Waals surface area contributed by atoms with Gasteiger partial charge in [0.15, 0.2) is 0 Å². The predicted molar refractivity (Wildman–Crippen MR) is 79.6 cm³/mol. The molecule has 0 atom stereocenters. The van der Waals surface area contributed by atoms with E-state index in [1.807, 2.05) is 0 Å². The van der Waals surface area contributed by atoms with Crippen LogP contribution >= 0.6 is 12.6 Å². The molecule has 0 unspecified atom stereocenters. The Morgan fingerprint density at radius 2 is 1.67 bits per heavy atom. The molecule has 0 radical (unpaired) electrons. The lowest BCUT2D eigenvalue weighted by molar-refractivity contribution is 0.0681. The average molecular weight is 272 g/mol. The molecule has 0 aromatic carbocycles. The largest absolute Gasteiger partial charge is 0.379 e. The first-order chi connectivity index (χ1) is 8.90. The summed E-state index contributed by atoms with van der Waals surface area (Å²) in [5.41, 5.74) is 0. The average Bonchev–Trinajstić information content (AvgIpc) is 2.45. The molecule has 3 nitrogen and oxygen atoms in total. The zero-order valence-corrected chi connectivity index (χ0v) is 12.4. The van der Waals surface area contributed by atoms with Gasteiger partial charge in [0.1, 0.15) is 0 Å². The van der Waals surface area contributed by atoms with E-state index in [1.165, 1.54) is 58.3 Å². The molecule has 0 aromatic rings. The van der Waals surface area contributed by atoms with Gasteiger partial charge in [-0.15, -0.1) is 0 Å². The van der Waals surface area contributed by atoms with Crippen LogP contribution in [0.4, 0.5) is 0 Å². The Labute approximate surface area is 117 Å². The highest BCUT2D eigenvalue weighted by Gasteiger charge is 2.25. The van der Waals surface area contributed by atoms with Crippen LogP contribution in [0, 0.1) is 0 Å². The maximum atomic E-state index is 5.50. The molecule has 2 aliphatic rings. The molecule has 2 heterocycles. The molecule has 106 valence electrons. The monoisotopic (exact) mass is 272 g/mol. The number of ether oxygens (including phenoxy) is 1. The first kappa shape index (κ1) is 14.6. The molecule has 0 bridgehead atoms. The Hall–Kier alpha value is 0.230. The summed E-state index contributed by atoms with van der Waals surface area (Å²) in [6.07, 6.45) is 6.98. The minimum absolute atomic E-state index is 0.785. The zero-order chi connectivity index (χ0) is 12.6. The molecule has 2 aliphatic heterocycles. The lowest BCUT2D eigenvalue weighted by Gasteiger charge is -2.40. The van der Waals surface area contributed by atoms with Crippen LogP contribution in [-0.4, -0.2) is 67.5 Å². The minimum Gasteiger partial charge on any atom is -0.379 e. The van der Waals surface area contributed by atoms with Gasteiger partial charge in [0.25, 0.3) is 0 Å². The van der Waals surface area contributed by atoms with E-state index in [4.69, 9.17) is 4.74 Å². The number of piperidine rings is 2. The second-order valence-corrected chi connectivity index (χ2v) is 5.95. The number of hydrogen-bond donors (Lipinski definition) is 1. The summed E-state index contributed by atoms with van der Waals surface area (Å²) in [6, 6.07) is 0.861.